The lowest BCUT2D eigenvalue weighted by atomic mass is 10.2. The van der Waals surface area contributed by atoms with Gasteiger partial charge in [-0.25, -0.2) is 0 Å². The number of rotatable bonds is 7. The van der Waals surface area contributed by atoms with Crippen LogP contribution in [0.2, 0.25) is 0 Å². The van der Waals surface area contributed by atoms with E-state index in [2.05, 4.69) is 5.92 Å². The summed E-state index contributed by atoms with van der Waals surface area (Å²) < 4.78 is 11.0. The van der Waals surface area contributed by atoms with Crippen LogP contribution in [0.3, 0.4) is 0 Å². The number of imide groups is 1. The Morgan fingerprint density at radius 3 is 2.69 bits per heavy atom. The third kappa shape index (κ3) is 4.93. The van der Waals surface area contributed by atoms with E-state index < -0.39 is 11.1 Å². The molecule has 152 valence electrons. The fourth-order valence-corrected chi connectivity index (χ4v) is 3.95. The molecule has 0 atom stereocenters. The zero-order chi connectivity index (χ0) is 20.8. The summed E-state index contributed by atoms with van der Waals surface area (Å²) >= 11 is 0.828. The maximum Gasteiger partial charge on any atom is 0.294 e. The lowest BCUT2D eigenvalue weighted by Crippen LogP contribution is -2.40. The van der Waals surface area contributed by atoms with Crippen LogP contribution in [-0.2, 0) is 9.59 Å². The smallest absolute Gasteiger partial charge is 0.294 e. The van der Waals surface area contributed by atoms with Gasteiger partial charge in [-0.05, 0) is 55.3 Å². The molecule has 3 amide bonds. The predicted molar refractivity (Wildman–Crippen MR) is 110 cm³/mol. The van der Waals surface area contributed by atoms with Crippen molar-refractivity contribution in [2.45, 2.75) is 19.8 Å². The van der Waals surface area contributed by atoms with Crippen molar-refractivity contribution in [2.75, 3.05) is 32.8 Å². The van der Waals surface area contributed by atoms with E-state index in [0.717, 1.165) is 29.5 Å². The molecule has 2 saturated heterocycles. The first-order valence-corrected chi connectivity index (χ1v) is 10.2. The molecule has 8 heteroatoms. The number of terminal acetylenes is 1. The Labute approximate surface area is 174 Å². The molecular weight excluding hydrogens is 392 g/mol. The van der Waals surface area contributed by atoms with Gasteiger partial charge in [0.05, 0.1) is 11.5 Å². The minimum absolute atomic E-state index is 0.114. The average Bonchev–Trinajstić information content (AvgIpc) is 3.33. The molecule has 3 rings (SSSR count). The second-order valence-electron chi connectivity index (χ2n) is 6.49. The topological polar surface area (TPSA) is 76.2 Å². The van der Waals surface area contributed by atoms with Gasteiger partial charge in [0, 0.05) is 13.1 Å². The minimum atomic E-state index is -0.460. The number of nitrogens with zero attached hydrogens (tertiary/aromatic N) is 2. The fraction of sp³-hybridized carbons (Fsp3) is 0.381. The molecule has 1 aromatic carbocycles. The van der Waals surface area contributed by atoms with Crippen molar-refractivity contribution < 1.29 is 23.9 Å². The minimum Gasteiger partial charge on any atom is -0.490 e. The monoisotopic (exact) mass is 414 g/mol. The highest BCUT2D eigenvalue weighted by molar-refractivity contribution is 8.18. The van der Waals surface area contributed by atoms with Crippen LogP contribution in [0.25, 0.3) is 6.08 Å². The molecule has 0 unspecified atom stereocenters. The van der Waals surface area contributed by atoms with Crippen molar-refractivity contribution in [3.05, 3.63) is 28.7 Å². The van der Waals surface area contributed by atoms with Crippen LogP contribution in [0.5, 0.6) is 11.5 Å². The molecule has 1 aromatic rings. The van der Waals surface area contributed by atoms with Crippen molar-refractivity contribution in [2.24, 2.45) is 0 Å². The molecule has 2 fully saturated rings. The largest absolute Gasteiger partial charge is 0.490 e. The van der Waals surface area contributed by atoms with Gasteiger partial charge in [0.25, 0.3) is 11.1 Å². The number of benzene rings is 1. The molecule has 0 aromatic heterocycles. The summed E-state index contributed by atoms with van der Waals surface area (Å²) in [6.07, 6.45) is 8.75. The summed E-state index contributed by atoms with van der Waals surface area (Å²) in [7, 11) is 0. The Kier molecular flexibility index (Phi) is 6.83. The third-order valence-electron chi connectivity index (χ3n) is 4.50. The first-order chi connectivity index (χ1) is 14.0. The number of carbonyl (C=O) groups excluding carboxylic acids is 3. The highest BCUT2D eigenvalue weighted by Gasteiger charge is 2.37. The van der Waals surface area contributed by atoms with E-state index in [1.807, 2.05) is 6.92 Å². The van der Waals surface area contributed by atoms with Crippen LogP contribution in [0, 0.1) is 12.3 Å². The summed E-state index contributed by atoms with van der Waals surface area (Å²) in [5.74, 6) is 2.75. The van der Waals surface area contributed by atoms with Crippen molar-refractivity contribution in [1.82, 2.24) is 9.80 Å². The first kappa shape index (κ1) is 20.8. The molecule has 0 radical (unpaired) electrons. The normalized spacial score (nSPS) is 17.7. The molecule has 2 aliphatic rings. The first-order valence-electron chi connectivity index (χ1n) is 9.39. The van der Waals surface area contributed by atoms with Crippen LogP contribution >= 0.6 is 11.8 Å². The molecule has 0 aliphatic carbocycles. The second-order valence-corrected chi connectivity index (χ2v) is 7.48. The van der Waals surface area contributed by atoms with E-state index in [1.54, 1.807) is 29.2 Å². The van der Waals surface area contributed by atoms with E-state index in [-0.39, 0.29) is 24.0 Å². The maximum absolute atomic E-state index is 12.7. The lowest BCUT2D eigenvalue weighted by Gasteiger charge is -2.18. The highest BCUT2D eigenvalue weighted by Crippen LogP contribution is 2.34. The standard InChI is InChI=1S/C21H22N2O5S/c1-3-11-28-16-8-7-15(12-17(16)27-4-2)13-18-20(25)23(21(26)29-18)14-19(24)22-9-5-6-10-22/h1,7-8,12-13H,4-6,9-11,14H2,2H3/b18-13+. The number of hydrogen-bond acceptors (Lipinski definition) is 6. The summed E-state index contributed by atoms with van der Waals surface area (Å²) in [6.45, 7) is 3.54. The number of likely N-dealkylation sites (tertiary alicyclic amines) is 1. The van der Waals surface area contributed by atoms with Gasteiger partial charge in [0.2, 0.25) is 5.91 Å². The maximum atomic E-state index is 12.7. The Bertz CT molecular complexity index is 884. The Balaban J connectivity index is 1.75. The van der Waals surface area contributed by atoms with Gasteiger partial charge in [-0.2, -0.15) is 0 Å². The number of hydrogen-bond donors (Lipinski definition) is 0. The van der Waals surface area contributed by atoms with E-state index >= 15 is 0 Å². The number of thioether (sulfide) groups is 1. The Morgan fingerprint density at radius 2 is 2.00 bits per heavy atom. The average molecular weight is 414 g/mol. The fourth-order valence-electron chi connectivity index (χ4n) is 3.11. The summed E-state index contributed by atoms with van der Waals surface area (Å²) in [6, 6.07) is 5.17. The van der Waals surface area contributed by atoms with Crippen molar-refractivity contribution in [3.8, 4) is 23.8 Å². The van der Waals surface area contributed by atoms with Crippen LogP contribution in [0.15, 0.2) is 23.1 Å². The molecule has 0 spiro atoms. The van der Waals surface area contributed by atoms with Crippen molar-refractivity contribution in [1.29, 1.82) is 0 Å². The summed E-state index contributed by atoms with van der Waals surface area (Å²) in [4.78, 5) is 40.2. The molecular formula is C21H22N2O5S. The molecule has 2 heterocycles. The van der Waals surface area contributed by atoms with Crippen LogP contribution < -0.4 is 9.47 Å². The number of ether oxygens (including phenoxy) is 2. The predicted octanol–water partition coefficient (Wildman–Crippen LogP) is 2.76. The molecule has 0 N–H and O–H groups in total. The van der Waals surface area contributed by atoms with Gasteiger partial charge < -0.3 is 14.4 Å². The zero-order valence-corrected chi connectivity index (χ0v) is 17.0. The SMILES string of the molecule is C#CCOc1ccc(/C=C2/SC(=O)N(CC(=O)N3CCCC3)C2=O)cc1OCC. The molecule has 0 saturated carbocycles. The van der Waals surface area contributed by atoms with Crippen LogP contribution in [-0.4, -0.2) is 59.7 Å². The molecule has 0 bridgehead atoms. The second kappa shape index (κ2) is 9.52. The number of carbonyl (C=O) groups is 3. The third-order valence-corrected chi connectivity index (χ3v) is 5.41. The van der Waals surface area contributed by atoms with Crippen molar-refractivity contribution >= 4 is 34.9 Å². The molecule has 7 nitrogen and oxygen atoms in total. The van der Waals surface area contributed by atoms with Crippen molar-refractivity contribution in [3.63, 3.8) is 0 Å². The molecule has 29 heavy (non-hydrogen) atoms. The molecule has 2 aliphatic heterocycles. The van der Waals surface area contributed by atoms with Gasteiger partial charge in [0.1, 0.15) is 13.2 Å². The van der Waals surface area contributed by atoms with Gasteiger partial charge >= 0.3 is 0 Å². The van der Waals surface area contributed by atoms with Gasteiger partial charge in [-0.15, -0.1) is 6.42 Å². The lowest BCUT2D eigenvalue weighted by molar-refractivity contribution is -0.135. The van der Waals surface area contributed by atoms with E-state index in [9.17, 15) is 14.4 Å². The Hall–Kier alpha value is -2.92. The zero-order valence-electron chi connectivity index (χ0n) is 16.2. The van der Waals surface area contributed by atoms with Crippen LogP contribution in [0.4, 0.5) is 4.79 Å². The Morgan fingerprint density at radius 1 is 1.24 bits per heavy atom. The van der Waals surface area contributed by atoms with Gasteiger partial charge in [0.15, 0.2) is 11.5 Å². The summed E-state index contributed by atoms with van der Waals surface area (Å²) in [5, 5.41) is -0.437. The van der Waals surface area contributed by atoms with E-state index in [0.29, 0.717) is 36.8 Å². The van der Waals surface area contributed by atoms with Crippen LogP contribution in [0.1, 0.15) is 25.3 Å². The highest BCUT2D eigenvalue weighted by atomic mass is 32.2. The van der Waals surface area contributed by atoms with Gasteiger partial charge in [-0.3, -0.25) is 19.3 Å². The number of amides is 3. The quantitative estimate of drug-likeness (QED) is 0.504. The van der Waals surface area contributed by atoms with E-state index in [4.69, 9.17) is 15.9 Å². The summed E-state index contributed by atoms with van der Waals surface area (Å²) in [5.41, 5.74) is 0.679. The van der Waals surface area contributed by atoms with E-state index in [1.165, 1.54) is 0 Å². The van der Waals surface area contributed by atoms with Gasteiger partial charge in [-0.1, -0.05) is 12.0 Å².